The van der Waals surface area contributed by atoms with Gasteiger partial charge >= 0.3 is 7.75 Å². The van der Waals surface area contributed by atoms with Crippen LogP contribution in [-0.2, 0) is 28.8 Å². The molecular formula is C50H58ClFN5O8PS3. The first kappa shape index (κ1) is 52.0. The Hall–Kier alpha value is -4.84. The number of aliphatic hydroxyl groups excluding tert-OH is 1. The number of anilines is 5. The maximum atomic E-state index is 15.8. The number of nitrogens with zero attached hydrogens (tertiary/aromatic N) is 4. The van der Waals surface area contributed by atoms with Crippen molar-refractivity contribution in [1.82, 2.24) is 4.57 Å². The van der Waals surface area contributed by atoms with E-state index >= 15 is 4.39 Å². The quantitative estimate of drug-likeness (QED) is 0.0520. The van der Waals surface area contributed by atoms with Crippen molar-refractivity contribution >= 4 is 79.2 Å². The first-order chi connectivity index (χ1) is 32.7. The lowest BCUT2D eigenvalue weighted by Gasteiger charge is -2.38. The topological polar surface area (TPSA) is 162 Å². The van der Waals surface area contributed by atoms with Crippen LogP contribution in [0.25, 0.3) is 22.4 Å². The van der Waals surface area contributed by atoms with Crippen LogP contribution in [-0.4, -0.2) is 95.1 Å². The molecule has 0 spiro atoms. The van der Waals surface area contributed by atoms with Gasteiger partial charge in [-0.25, -0.2) is 30.5 Å². The van der Waals surface area contributed by atoms with E-state index in [9.17, 15) is 31.4 Å². The van der Waals surface area contributed by atoms with Gasteiger partial charge in [-0.15, -0.1) is 11.8 Å². The summed E-state index contributed by atoms with van der Waals surface area (Å²) in [5, 5.41) is 13.7. The molecule has 2 atom stereocenters. The van der Waals surface area contributed by atoms with Gasteiger partial charge in [-0.05, 0) is 130 Å². The Labute approximate surface area is 414 Å². The summed E-state index contributed by atoms with van der Waals surface area (Å²) in [7, 11) is -12.2. The molecule has 0 amide bonds. The second-order valence-electron chi connectivity index (χ2n) is 17.2. The Balaban J connectivity index is 1.14. The molecule has 69 heavy (non-hydrogen) atoms. The summed E-state index contributed by atoms with van der Waals surface area (Å²) in [5.41, 5.74) is 4.95. The first-order valence-corrected chi connectivity index (χ1v) is 29.2. The number of aliphatic hydroxyl groups is 1. The molecule has 13 nitrogen and oxygen atoms in total. The van der Waals surface area contributed by atoms with E-state index in [1.54, 1.807) is 62.0 Å². The molecule has 1 aromatic heterocycles. The van der Waals surface area contributed by atoms with Gasteiger partial charge < -0.3 is 29.7 Å². The van der Waals surface area contributed by atoms with Crippen molar-refractivity contribution in [2.75, 3.05) is 77.4 Å². The minimum Gasteiger partial charge on any atom is -0.396 e. The number of hydrogen-bond acceptors (Lipinski definition) is 11. The zero-order valence-corrected chi connectivity index (χ0v) is 43.4. The van der Waals surface area contributed by atoms with Crippen LogP contribution in [0.15, 0.2) is 130 Å². The predicted molar refractivity (Wildman–Crippen MR) is 279 cm³/mol. The maximum absolute atomic E-state index is 15.8. The van der Waals surface area contributed by atoms with Crippen molar-refractivity contribution in [3.63, 3.8) is 0 Å². The molecule has 0 saturated carbocycles. The average molecular weight is 1040 g/mol. The Kier molecular flexibility index (Phi) is 16.3. The largest absolute Gasteiger partial charge is 0.437 e. The van der Waals surface area contributed by atoms with E-state index in [1.807, 2.05) is 79.1 Å². The van der Waals surface area contributed by atoms with Crippen molar-refractivity contribution in [3.8, 4) is 22.4 Å². The summed E-state index contributed by atoms with van der Waals surface area (Å²) in [6, 6.07) is 32.6. The van der Waals surface area contributed by atoms with E-state index in [1.165, 1.54) is 24.5 Å². The number of halogens is 2. The molecule has 0 radical (unpaired) electrons. The highest BCUT2D eigenvalue weighted by atomic mass is 35.5. The highest BCUT2D eigenvalue weighted by molar-refractivity contribution is 7.99. The summed E-state index contributed by atoms with van der Waals surface area (Å²) < 4.78 is 91.9. The van der Waals surface area contributed by atoms with Gasteiger partial charge in [-0.2, -0.15) is 0 Å². The van der Waals surface area contributed by atoms with Crippen LogP contribution in [0.3, 0.4) is 0 Å². The number of aromatic nitrogens is 1. The molecule has 19 heteroatoms. The molecular weight excluding hydrogens is 980 g/mol. The molecule has 5 aromatic carbocycles. The maximum Gasteiger partial charge on any atom is 0.437 e. The summed E-state index contributed by atoms with van der Waals surface area (Å²) >= 11 is 7.83. The molecule has 368 valence electrons. The third-order valence-electron chi connectivity index (χ3n) is 11.9. The van der Waals surface area contributed by atoms with E-state index < -0.39 is 33.2 Å². The second kappa shape index (κ2) is 21.7. The fraction of sp³-hybridized carbons (Fsp3) is 0.320. The fourth-order valence-electron chi connectivity index (χ4n) is 8.89. The van der Waals surface area contributed by atoms with Crippen LogP contribution in [0, 0.1) is 12.7 Å². The smallest absolute Gasteiger partial charge is 0.396 e. The molecule has 3 N–H and O–H groups in total. The zero-order valence-electron chi connectivity index (χ0n) is 39.3. The lowest BCUT2D eigenvalue weighted by molar-refractivity contribution is 0.274. The van der Waals surface area contributed by atoms with E-state index in [-0.39, 0.29) is 46.5 Å². The van der Waals surface area contributed by atoms with Gasteiger partial charge in [0, 0.05) is 95.7 Å². The van der Waals surface area contributed by atoms with Crippen molar-refractivity contribution in [1.29, 1.82) is 0 Å². The Bertz CT molecular complexity index is 3050. The van der Waals surface area contributed by atoms with Crippen molar-refractivity contribution in [2.24, 2.45) is 0 Å². The highest BCUT2D eigenvalue weighted by Gasteiger charge is 2.34. The summed E-state index contributed by atoms with van der Waals surface area (Å²) in [6.45, 7) is 9.19. The first-order valence-electron chi connectivity index (χ1n) is 22.5. The Morgan fingerprint density at radius 3 is 2.03 bits per heavy atom. The van der Waals surface area contributed by atoms with Gasteiger partial charge in [-0.3, -0.25) is 4.52 Å². The number of benzene rings is 5. The van der Waals surface area contributed by atoms with Gasteiger partial charge in [-0.1, -0.05) is 41.9 Å². The van der Waals surface area contributed by atoms with Crippen LogP contribution < -0.4 is 19.8 Å². The monoisotopic (exact) mass is 1040 g/mol. The lowest BCUT2D eigenvalue weighted by Crippen LogP contribution is -2.46. The number of piperazine rings is 1. The second-order valence-corrected chi connectivity index (χ2v) is 24.3. The standard InChI is InChI=1S/C50H58ClFN5O8PS3/c1-7-65-66(59,60)57(43-21-22-46(47(32-43)68(5,61)62)53-40(23-28-58)33-67-45-11-9-8-10-12-45)42-19-17-41(18-20-42)54-24-26-55(27-25-54)44-30-37(29-39(52)31-44)48-49(36-13-15-38(51)16-14-36)56(34(2)3)35(4)50(48)69(6,63)64/h8-22,29-32,34,40,53,58H,7,23-28,33H2,1-6H3,(H,59,60)/t40-/m1/s1. The lowest BCUT2D eigenvalue weighted by atomic mass is 9.99. The summed E-state index contributed by atoms with van der Waals surface area (Å²) in [6.07, 6.45) is 2.60. The zero-order chi connectivity index (χ0) is 49.8. The predicted octanol–water partition coefficient (Wildman–Crippen LogP) is 10.9. The van der Waals surface area contributed by atoms with Crippen LogP contribution >= 0.6 is 31.1 Å². The van der Waals surface area contributed by atoms with E-state index in [0.717, 1.165) is 27.1 Å². The average Bonchev–Trinajstić information content (AvgIpc) is 3.63. The Morgan fingerprint density at radius 1 is 0.826 bits per heavy atom. The van der Waals surface area contributed by atoms with Crippen LogP contribution in [0.5, 0.6) is 0 Å². The third-order valence-corrected chi connectivity index (χ3v) is 17.2. The molecule has 1 fully saturated rings. The molecule has 0 aliphatic carbocycles. The molecule has 7 rings (SSSR count). The highest BCUT2D eigenvalue weighted by Crippen LogP contribution is 2.55. The molecule has 2 heterocycles. The van der Waals surface area contributed by atoms with Gasteiger partial charge in [0.15, 0.2) is 19.7 Å². The molecule has 1 unspecified atom stereocenters. The number of sulfone groups is 2. The molecule has 0 bridgehead atoms. The van der Waals surface area contributed by atoms with Crippen LogP contribution in [0.1, 0.15) is 38.9 Å². The van der Waals surface area contributed by atoms with Gasteiger partial charge in [0.2, 0.25) is 0 Å². The molecule has 6 aromatic rings. The van der Waals surface area contributed by atoms with Crippen molar-refractivity contribution in [3.05, 3.63) is 132 Å². The number of hydrogen-bond donors (Lipinski definition) is 3. The van der Waals surface area contributed by atoms with Gasteiger partial charge in [0.1, 0.15) is 5.82 Å². The van der Waals surface area contributed by atoms with E-state index in [4.69, 9.17) is 16.1 Å². The molecule has 1 aliphatic rings. The van der Waals surface area contributed by atoms with Crippen molar-refractivity contribution in [2.45, 2.75) is 60.9 Å². The minimum atomic E-state index is -4.59. The number of rotatable bonds is 19. The summed E-state index contributed by atoms with van der Waals surface area (Å²) in [5.74, 6) is 0.0345. The van der Waals surface area contributed by atoms with E-state index in [0.29, 0.717) is 77.3 Å². The van der Waals surface area contributed by atoms with Gasteiger partial charge in [0.05, 0.1) is 39.2 Å². The van der Waals surface area contributed by atoms with Gasteiger partial charge in [0.25, 0.3) is 0 Å². The third kappa shape index (κ3) is 12.0. The SMILES string of the molecule is CCOP(=O)(O)N(c1ccc(N2CCN(c3cc(F)cc(-c4c(S(C)(=O)=O)c(C)n(C(C)C)c4-c4ccc(Cl)cc4)c3)CC2)cc1)c1ccc(N[C@H](CCO)CSc2ccccc2)c(S(C)(=O)=O)c1. The minimum absolute atomic E-state index is 0.0871. The normalized spacial score (nSPS) is 14.8. The fourth-order valence-corrected chi connectivity index (χ4v) is 13.4. The molecule has 1 aliphatic heterocycles. The number of thioether (sulfide) groups is 1. The van der Waals surface area contributed by atoms with Crippen LogP contribution in [0.4, 0.5) is 32.8 Å². The summed E-state index contributed by atoms with van der Waals surface area (Å²) in [4.78, 5) is 16.6. The van der Waals surface area contributed by atoms with E-state index in [2.05, 4.69) is 15.1 Å². The molecule has 1 saturated heterocycles. The van der Waals surface area contributed by atoms with Crippen LogP contribution in [0.2, 0.25) is 5.02 Å². The number of nitrogens with one attached hydrogen (secondary N) is 1. The van der Waals surface area contributed by atoms with Crippen molar-refractivity contribution < 1.29 is 40.3 Å². The Morgan fingerprint density at radius 2 is 1.45 bits per heavy atom.